The number of rotatable bonds is 5. The molecular weight excluding hydrogens is 138 g/mol. The molecule has 0 atom stereocenters. The van der Waals surface area contributed by atoms with Gasteiger partial charge in [-0.25, -0.2) is 0 Å². The summed E-state index contributed by atoms with van der Waals surface area (Å²) in [5, 5.41) is 10.9. The van der Waals surface area contributed by atoms with E-state index in [-0.39, 0.29) is 19.8 Å². The van der Waals surface area contributed by atoms with Crippen LogP contribution in [0.15, 0.2) is 0 Å². The maximum atomic E-state index is 10.3. The highest BCUT2D eigenvalue weighted by Gasteiger charge is 2.00. The molecule has 0 aromatic rings. The third kappa shape index (κ3) is 5.20. The fraction of sp³-hybridized carbons (Fsp3) is 0.600. The standard InChI is InChI=1S/C5H7NO4/c7-1-2-10-3-5(9)6-4-8/h7H,1-3H2. The fourth-order valence-electron chi connectivity index (χ4n) is 0.307. The Morgan fingerprint density at radius 3 is 2.90 bits per heavy atom. The smallest absolute Gasteiger partial charge is 0.340 e. The van der Waals surface area contributed by atoms with Gasteiger partial charge in [-0.05, 0) is 0 Å². The molecular formula is C5H7NO4. The summed E-state index contributed by atoms with van der Waals surface area (Å²) in [5.74, 6) is -0.691. The second-order valence-electron chi connectivity index (χ2n) is 1.37. The largest absolute Gasteiger partial charge is 0.394 e. The van der Waals surface area contributed by atoms with Crippen molar-refractivity contribution in [3.05, 3.63) is 0 Å². The van der Waals surface area contributed by atoms with Crippen LogP contribution in [0.3, 0.4) is 0 Å². The number of nitrogens with zero attached hydrogens (tertiary/aromatic N) is 1. The topological polar surface area (TPSA) is 77.7 Å². The lowest BCUT2D eigenvalue weighted by Gasteiger charge is -1.95. The second kappa shape index (κ2) is 6.18. The zero-order chi connectivity index (χ0) is 7.82. The number of hydrogen-bond acceptors (Lipinski definition) is 4. The lowest BCUT2D eigenvalue weighted by molar-refractivity contribution is -0.124. The highest BCUT2D eigenvalue weighted by Crippen LogP contribution is 1.73. The van der Waals surface area contributed by atoms with Crippen LogP contribution in [-0.4, -0.2) is 37.2 Å². The maximum absolute atomic E-state index is 10.3. The number of carbonyl (C=O) groups is 1. The van der Waals surface area contributed by atoms with E-state index in [0.29, 0.717) is 0 Å². The Kier molecular flexibility index (Phi) is 5.60. The van der Waals surface area contributed by atoms with Crippen LogP contribution in [0.25, 0.3) is 0 Å². The summed E-state index contributed by atoms with van der Waals surface area (Å²) in [6.45, 7) is -0.367. The minimum Gasteiger partial charge on any atom is -0.394 e. The number of imide groups is 1. The Bertz CT molecular complexity index is 114. The Balaban J connectivity index is 3.13. The minimum absolute atomic E-state index is 0.0696. The predicted molar refractivity (Wildman–Crippen MR) is 30.7 cm³/mol. The summed E-state index contributed by atoms with van der Waals surface area (Å²) in [4.78, 5) is 19.7. The average molecular weight is 145 g/mol. The lowest BCUT2D eigenvalue weighted by atomic mass is 10.6. The molecule has 2 radical (unpaired) electrons. The molecule has 10 heavy (non-hydrogen) atoms. The molecule has 56 valence electrons. The molecule has 0 aromatic heterocycles. The van der Waals surface area contributed by atoms with Gasteiger partial charge in [-0.1, -0.05) is 0 Å². The number of amides is 2. The van der Waals surface area contributed by atoms with E-state index in [1.807, 2.05) is 0 Å². The van der Waals surface area contributed by atoms with Crippen molar-refractivity contribution in [1.29, 1.82) is 0 Å². The zero-order valence-corrected chi connectivity index (χ0v) is 5.24. The van der Waals surface area contributed by atoms with Gasteiger partial charge in [0.2, 0.25) is 0 Å². The highest BCUT2D eigenvalue weighted by atomic mass is 16.5. The molecule has 0 bridgehead atoms. The average Bonchev–Trinajstić information content (AvgIpc) is 1.89. The van der Waals surface area contributed by atoms with Crippen molar-refractivity contribution >= 4 is 12.3 Å². The van der Waals surface area contributed by atoms with Crippen LogP contribution in [-0.2, 0) is 14.3 Å². The van der Waals surface area contributed by atoms with Crippen LogP contribution in [0.2, 0.25) is 0 Å². The van der Waals surface area contributed by atoms with E-state index in [0.717, 1.165) is 6.41 Å². The van der Waals surface area contributed by atoms with Crippen LogP contribution >= 0.6 is 0 Å². The van der Waals surface area contributed by atoms with Gasteiger partial charge in [-0.3, -0.25) is 9.59 Å². The Labute approximate surface area is 58.0 Å². The van der Waals surface area contributed by atoms with Crippen molar-refractivity contribution in [2.24, 2.45) is 0 Å². The van der Waals surface area contributed by atoms with Crippen molar-refractivity contribution in [2.75, 3.05) is 19.8 Å². The minimum atomic E-state index is -0.691. The lowest BCUT2D eigenvalue weighted by Crippen LogP contribution is -2.20. The van der Waals surface area contributed by atoms with Crippen molar-refractivity contribution in [1.82, 2.24) is 5.32 Å². The van der Waals surface area contributed by atoms with Crippen molar-refractivity contribution in [2.45, 2.75) is 0 Å². The molecule has 0 fully saturated rings. The number of ether oxygens (including phenoxy) is 1. The summed E-state index contributed by atoms with van der Waals surface area (Å²) in [7, 11) is 0. The maximum Gasteiger partial charge on any atom is 0.340 e. The monoisotopic (exact) mass is 145 g/mol. The quantitative estimate of drug-likeness (QED) is 0.463. The zero-order valence-electron chi connectivity index (χ0n) is 5.24. The van der Waals surface area contributed by atoms with E-state index in [1.165, 1.54) is 0 Å². The van der Waals surface area contributed by atoms with E-state index in [4.69, 9.17) is 5.11 Å². The van der Waals surface area contributed by atoms with Crippen LogP contribution < -0.4 is 5.32 Å². The molecule has 5 nitrogen and oxygen atoms in total. The molecule has 0 heterocycles. The fourth-order valence-corrected chi connectivity index (χ4v) is 0.307. The molecule has 0 saturated heterocycles. The summed E-state index contributed by atoms with van der Waals surface area (Å²) >= 11 is 0. The number of hydrogen-bond donors (Lipinski definition) is 1. The molecule has 0 saturated carbocycles. The number of aliphatic hydroxyl groups excluding tert-OH is 1. The third-order valence-corrected chi connectivity index (χ3v) is 0.632. The van der Waals surface area contributed by atoms with Gasteiger partial charge in [0.25, 0.3) is 5.91 Å². The molecule has 0 aliphatic carbocycles. The first kappa shape index (κ1) is 9.06. The number of carbonyl (C=O) groups excluding carboxylic acids is 2. The molecule has 0 aromatic carbocycles. The van der Waals surface area contributed by atoms with E-state index in [1.54, 1.807) is 0 Å². The van der Waals surface area contributed by atoms with E-state index >= 15 is 0 Å². The second-order valence-corrected chi connectivity index (χ2v) is 1.37. The van der Waals surface area contributed by atoms with Crippen LogP contribution in [0.4, 0.5) is 0 Å². The van der Waals surface area contributed by atoms with Crippen molar-refractivity contribution in [3.8, 4) is 0 Å². The van der Waals surface area contributed by atoms with Crippen LogP contribution in [0.1, 0.15) is 0 Å². The molecule has 5 heteroatoms. The van der Waals surface area contributed by atoms with Crippen LogP contribution in [0.5, 0.6) is 0 Å². The molecule has 0 spiro atoms. The highest BCUT2D eigenvalue weighted by molar-refractivity contribution is 5.86. The van der Waals surface area contributed by atoms with E-state index in [2.05, 4.69) is 10.1 Å². The van der Waals surface area contributed by atoms with Crippen molar-refractivity contribution < 1.29 is 19.4 Å². The molecule has 1 N–H and O–H groups in total. The van der Waals surface area contributed by atoms with Gasteiger partial charge in [-0.2, -0.15) is 5.32 Å². The van der Waals surface area contributed by atoms with Crippen LogP contribution in [0, 0.1) is 0 Å². The molecule has 0 aliphatic rings. The van der Waals surface area contributed by atoms with Gasteiger partial charge >= 0.3 is 6.41 Å². The van der Waals surface area contributed by atoms with Gasteiger partial charge in [0.15, 0.2) is 0 Å². The first-order chi connectivity index (χ1) is 4.81. The number of aliphatic hydroxyl groups is 1. The Morgan fingerprint density at radius 2 is 2.40 bits per heavy atom. The molecule has 0 aliphatic heterocycles. The first-order valence-electron chi connectivity index (χ1n) is 2.60. The molecule has 0 rings (SSSR count). The summed E-state index contributed by atoms with van der Waals surface area (Å²) in [6, 6.07) is 0. The molecule has 0 unspecified atom stereocenters. The summed E-state index contributed by atoms with van der Waals surface area (Å²) < 4.78 is 4.52. The van der Waals surface area contributed by atoms with Gasteiger partial charge in [-0.15, -0.1) is 0 Å². The summed E-state index contributed by atoms with van der Waals surface area (Å²) in [6.07, 6.45) is 1.08. The van der Waals surface area contributed by atoms with Gasteiger partial charge < -0.3 is 9.84 Å². The predicted octanol–water partition coefficient (Wildman–Crippen LogP) is -1.81. The first-order valence-corrected chi connectivity index (χ1v) is 2.60. The van der Waals surface area contributed by atoms with Crippen molar-refractivity contribution in [3.63, 3.8) is 0 Å². The van der Waals surface area contributed by atoms with E-state index in [9.17, 15) is 9.59 Å². The van der Waals surface area contributed by atoms with Gasteiger partial charge in [0, 0.05) is 0 Å². The SMILES string of the molecule is O=[C][N]C(=O)COCCO. The Hall–Kier alpha value is -0.940. The summed E-state index contributed by atoms with van der Waals surface area (Å²) in [5.41, 5.74) is 0. The normalized spacial score (nSPS) is 8.90. The molecule has 2 amide bonds. The Morgan fingerprint density at radius 1 is 1.70 bits per heavy atom. The van der Waals surface area contributed by atoms with Gasteiger partial charge in [0.05, 0.1) is 13.2 Å². The third-order valence-electron chi connectivity index (χ3n) is 0.632. The van der Waals surface area contributed by atoms with E-state index < -0.39 is 5.91 Å². The van der Waals surface area contributed by atoms with Gasteiger partial charge in [0.1, 0.15) is 6.61 Å².